The van der Waals surface area contributed by atoms with Crippen LogP contribution in [-0.2, 0) is 9.59 Å². The summed E-state index contributed by atoms with van der Waals surface area (Å²) in [6, 6.07) is 17.5. The first kappa shape index (κ1) is 18.2. The van der Waals surface area contributed by atoms with Crippen molar-refractivity contribution in [2.45, 2.75) is 12.8 Å². The van der Waals surface area contributed by atoms with Gasteiger partial charge >= 0.3 is 0 Å². The Labute approximate surface area is 172 Å². The van der Waals surface area contributed by atoms with Gasteiger partial charge < -0.3 is 10.2 Å². The number of amides is 2. The molecular weight excluding hydrogens is 451 g/mol. The van der Waals surface area contributed by atoms with Crippen LogP contribution in [0.15, 0.2) is 66.7 Å². The molecule has 1 fully saturated rings. The number of benzene rings is 2. The lowest BCUT2D eigenvalue weighted by atomic mass is 9.71. The Morgan fingerprint density at radius 1 is 1.07 bits per heavy atom. The predicted molar refractivity (Wildman–Crippen MR) is 115 cm³/mol. The van der Waals surface area contributed by atoms with E-state index in [-0.39, 0.29) is 29.6 Å². The van der Waals surface area contributed by atoms with Crippen LogP contribution in [-0.4, -0.2) is 18.4 Å². The predicted octanol–water partition coefficient (Wildman–Crippen LogP) is 4.48. The van der Waals surface area contributed by atoms with Crippen molar-refractivity contribution >= 4 is 45.8 Å². The number of nitrogens with one attached hydrogen (secondary N) is 1. The summed E-state index contributed by atoms with van der Waals surface area (Å²) in [7, 11) is 0. The van der Waals surface area contributed by atoms with Crippen LogP contribution in [0.5, 0.6) is 0 Å². The van der Waals surface area contributed by atoms with Gasteiger partial charge in [-0.25, -0.2) is 0 Å². The van der Waals surface area contributed by atoms with Gasteiger partial charge in [0.2, 0.25) is 11.8 Å². The van der Waals surface area contributed by atoms with Crippen LogP contribution in [0.25, 0.3) is 0 Å². The molecule has 0 spiro atoms. The molecule has 0 bridgehead atoms. The lowest BCUT2D eigenvalue weighted by molar-refractivity contribution is -0.133. The second-order valence-corrected chi connectivity index (χ2v) is 8.32. The number of anilines is 2. The average molecular weight is 472 g/mol. The zero-order valence-electron chi connectivity index (χ0n) is 14.8. The molecule has 0 aromatic heterocycles. The van der Waals surface area contributed by atoms with Crippen LogP contribution in [0.1, 0.15) is 12.8 Å². The highest BCUT2D eigenvalue weighted by molar-refractivity contribution is 14.1. The van der Waals surface area contributed by atoms with Gasteiger partial charge in [0.15, 0.2) is 0 Å². The van der Waals surface area contributed by atoms with E-state index in [0.29, 0.717) is 13.0 Å². The molecule has 138 valence electrons. The first-order valence-electron chi connectivity index (χ1n) is 9.23. The van der Waals surface area contributed by atoms with E-state index in [0.717, 1.165) is 21.4 Å². The molecule has 5 heteroatoms. The van der Waals surface area contributed by atoms with Crippen LogP contribution in [0.2, 0.25) is 0 Å². The van der Waals surface area contributed by atoms with E-state index in [1.807, 2.05) is 59.5 Å². The maximum atomic E-state index is 13.3. The molecule has 1 N–H and O–H groups in total. The summed E-state index contributed by atoms with van der Waals surface area (Å²) in [6.07, 6.45) is 5.67. The molecule has 2 aromatic carbocycles. The van der Waals surface area contributed by atoms with Gasteiger partial charge in [-0.1, -0.05) is 30.4 Å². The monoisotopic (exact) mass is 472 g/mol. The van der Waals surface area contributed by atoms with Gasteiger partial charge in [0.1, 0.15) is 0 Å². The van der Waals surface area contributed by atoms with E-state index in [9.17, 15) is 9.59 Å². The fourth-order valence-electron chi connectivity index (χ4n) is 4.07. The third-order valence-electron chi connectivity index (χ3n) is 5.42. The zero-order chi connectivity index (χ0) is 18.8. The molecule has 1 aliphatic carbocycles. The highest BCUT2D eigenvalue weighted by atomic mass is 127. The van der Waals surface area contributed by atoms with Crippen molar-refractivity contribution in [3.8, 4) is 0 Å². The number of allylic oxidation sites excluding steroid dienone is 2. The second kappa shape index (κ2) is 7.84. The number of rotatable bonds is 3. The van der Waals surface area contributed by atoms with E-state index < -0.39 is 0 Å². The molecule has 3 atom stereocenters. The van der Waals surface area contributed by atoms with Crippen molar-refractivity contribution in [1.82, 2.24) is 0 Å². The van der Waals surface area contributed by atoms with Crippen LogP contribution in [0.4, 0.5) is 11.4 Å². The van der Waals surface area contributed by atoms with Gasteiger partial charge in [-0.2, -0.15) is 0 Å². The van der Waals surface area contributed by atoms with Gasteiger partial charge in [-0.15, -0.1) is 0 Å². The lowest BCUT2D eigenvalue weighted by Crippen LogP contribution is -2.51. The molecule has 2 amide bonds. The van der Waals surface area contributed by atoms with Gasteiger partial charge in [0.25, 0.3) is 0 Å². The molecule has 0 unspecified atom stereocenters. The molecule has 0 saturated carbocycles. The Morgan fingerprint density at radius 2 is 1.81 bits per heavy atom. The van der Waals surface area contributed by atoms with Crippen LogP contribution in [0, 0.1) is 21.3 Å². The number of fused-ring (bicyclic) bond motifs is 1. The van der Waals surface area contributed by atoms with Crippen LogP contribution in [0.3, 0.4) is 0 Å². The Bertz CT molecular complexity index is 864. The molecule has 4 nitrogen and oxygen atoms in total. The number of nitrogens with zero attached hydrogens (tertiary/aromatic N) is 1. The Balaban J connectivity index is 1.56. The largest absolute Gasteiger partial charge is 0.326 e. The van der Waals surface area contributed by atoms with Gasteiger partial charge in [-0.3, -0.25) is 9.59 Å². The number of halogens is 1. The molecule has 0 radical (unpaired) electrons. The van der Waals surface area contributed by atoms with Crippen molar-refractivity contribution in [1.29, 1.82) is 0 Å². The number of hydrogen-bond donors (Lipinski definition) is 1. The summed E-state index contributed by atoms with van der Waals surface area (Å²) < 4.78 is 1.12. The van der Waals surface area contributed by atoms with Crippen molar-refractivity contribution in [2.75, 3.05) is 16.8 Å². The number of para-hydroxylation sites is 1. The van der Waals surface area contributed by atoms with Gasteiger partial charge in [-0.05, 0) is 77.7 Å². The van der Waals surface area contributed by atoms with Crippen molar-refractivity contribution in [3.05, 3.63) is 70.3 Å². The maximum Gasteiger partial charge on any atom is 0.231 e. The molecule has 1 heterocycles. The quantitative estimate of drug-likeness (QED) is 0.530. The minimum absolute atomic E-state index is 0.0598. The van der Waals surface area contributed by atoms with E-state index >= 15 is 0 Å². The summed E-state index contributed by atoms with van der Waals surface area (Å²) in [5.74, 6) is -0.506. The third kappa shape index (κ3) is 3.78. The summed E-state index contributed by atoms with van der Waals surface area (Å²) in [6.45, 7) is 0.694. The van der Waals surface area contributed by atoms with Crippen molar-refractivity contribution in [2.24, 2.45) is 17.8 Å². The van der Waals surface area contributed by atoms with E-state index in [1.54, 1.807) is 0 Å². The zero-order valence-corrected chi connectivity index (χ0v) is 17.0. The first-order valence-corrected chi connectivity index (χ1v) is 10.3. The summed E-state index contributed by atoms with van der Waals surface area (Å²) >= 11 is 2.24. The molecule has 2 aliphatic rings. The topological polar surface area (TPSA) is 49.4 Å². The normalized spacial score (nSPS) is 24.4. The molecule has 2 aromatic rings. The number of piperidine rings is 1. The third-order valence-corrected chi connectivity index (χ3v) is 6.14. The molecular formula is C22H21IN2O2. The summed E-state index contributed by atoms with van der Waals surface area (Å²) in [5, 5.41) is 3.00. The van der Waals surface area contributed by atoms with Crippen LogP contribution >= 0.6 is 22.6 Å². The Kier molecular flexibility index (Phi) is 5.29. The second-order valence-electron chi connectivity index (χ2n) is 7.07. The lowest BCUT2D eigenvalue weighted by Gasteiger charge is -2.41. The fourth-order valence-corrected chi connectivity index (χ4v) is 4.43. The van der Waals surface area contributed by atoms with Gasteiger partial charge in [0, 0.05) is 21.5 Å². The van der Waals surface area contributed by atoms with Crippen molar-refractivity contribution in [3.63, 3.8) is 0 Å². The van der Waals surface area contributed by atoms with E-state index in [2.05, 4.69) is 40.1 Å². The highest BCUT2D eigenvalue weighted by Crippen LogP contribution is 2.39. The first-order chi connectivity index (χ1) is 13.1. The Morgan fingerprint density at radius 3 is 2.56 bits per heavy atom. The van der Waals surface area contributed by atoms with Gasteiger partial charge in [0.05, 0.1) is 11.8 Å². The van der Waals surface area contributed by atoms with E-state index in [1.165, 1.54) is 0 Å². The number of hydrogen-bond acceptors (Lipinski definition) is 2. The van der Waals surface area contributed by atoms with E-state index in [4.69, 9.17) is 0 Å². The molecule has 27 heavy (non-hydrogen) atoms. The summed E-state index contributed by atoms with van der Waals surface area (Å²) in [4.78, 5) is 28.1. The molecule has 1 aliphatic heterocycles. The maximum absolute atomic E-state index is 13.3. The van der Waals surface area contributed by atoms with Crippen LogP contribution < -0.4 is 10.2 Å². The number of carbonyl (C=O) groups excluding carboxylic acids is 2. The minimum Gasteiger partial charge on any atom is -0.326 e. The number of carbonyl (C=O) groups is 2. The summed E-state index contributed by atoms with van der Waals surface area (Å²) in [5.41, 5.74) is 1.68. The Hall–Kier alpha value is -2.15. The standard InChI is InChI=1S/C22H21IN2O2/c23-16-9-11-17(12-10-16)24-21(26)19-8-4-5-15-13-14-25(22(27)20(15)19)18-6-2-1-3-7-18/h1-7,9-12,15,19-20H,8,13-14H2,(H,24,26)/t15-,19-,20+/m0/s1. The molecule has 4 rings (SSSR count). The minimum atomic E-state index is -0.335. The SMILES string of the molecule is O=C(Nc1ccc(I)cc1)[C@H]1CC=C[C@H]2CCN(c3ccccc3)C(=O)[C@@H]12. The molecule has 1 saturated heterocycles. The van der Waals surface area contributed by atoms with Crippen molar-refractivity contribution < 1.29 is 9.59 Å². The smallest absolute Gasteiger partial charge is 0.231 e. The average Bonchev–Trinajstić information content (AvgIpc) is 2.70. The fraction of sp³-hybridized carbons (Fsp3) is 0.273. The highest BCUT2D eigenvalue weighted by Gasteiger charge is 2.44.